The van der Waals surface area contributed by atoms with E-state index < -0.39 is 0 Å². The first-order chi connectivity index (χ1) is 12.1. The molecular formula is C19H18N2O2S2. The van der Waals surface area contributed by atoms with E-state index in [-0.39, 0.29) is 5.91 Å². The lowest BCUT2D eigenvalue weighted by molar-refractivity contribution is -0.114. The number of anilines is 1. The van der Waals surface area contributed by atoms with E-state index in [1.54, 1.807) is 30.2 Å². The SMILES string of the molecule is COc1cccc(-c2nc(CSc3ccc(NC(C)=O)cc3)cs2)c1. The van der Waals surface area contributed by atoms with E-state index in [2.05, 4.69) is 10.7 Å². The van der Waals surface area contributed by atoms with Gasteiger partial charge in [0.15, 0.2) is 0 Å². The number of nitrogens with one attached hydrogen (secondary N) is 1. The lowest BCUT2D eigenvalue weighted by Crippen LogP contribution is -2.05. The van der Waals surface area contributed by atoms with Crippen LogP contribution >= 0.6 is 23.1 Å². The first kappa shape index (κ1) is 17.5. The first-order valence-electron chi connectivity index (χ1n) is 7.73. The predicted octanol–water partition coefficient (Wildman–Crippen LogP) is 5.07. The smallest absolute Gasteiger partial charge is 0.221 e. The van der Waals surface area contributed by atoms with E-state index in [4.69, 9.17) is 9.72 Å². The molecule has 1 aromatic heterocycles. The molecule has 1 amide bonds. The number of ether oxygens (including phenoxy) is 1. The molecule has 0 bridgehead atoms. The third kappa shape index (κ3) is 4.84. The molecule has 0 spiro atoms. The highest BCUT2D eigenvalue weighted by Crippen LogP contribution is 2.30. The van der Waals surface area contributed by atoms with E-state index in [0.717, 1.165) is 38.4 Å². The Hall–Kier alpha value is -2.31. The van der Waals surface area contributed by atoms with Crippen molar-refractivity contribution < 1.29 is 9.53 Å². The normalized spacial score (nSPS) is 10.5. The molecule has 0 saturated heterocycles. The van der Waals surface area contributed by atoms with Crippen molar-refractivity contribution in [2.45, 2.75) is 17.6 Å². The zero-order valence-electron chi connectivity index (χ0n) is 14.0. The monoisotopic (exact) mass is 370 g/mol. The van der Waals surface area contributed by atoms with Crippen molar-refractivity contribution in [2.24, 2.45) is 0 Å². The standard InChI is InChI=1S/C19H18N2O2S2/c1-13(22)20-15-6-8-18(9-7-15)24-11-16-12-25-19(21-16)14-4-3-5-17(10-14)23-2/h3-10,12H,11H2,1-2H3,(H,20,22). The average Bonchev–Trinajstić information content (AvgIpc) is 3.10. The van der Waals surface area contributed by atoms with Crippen molar-refractivity contribution in [1.82, 2.24) is 4.98 Å². The van der Waals surface area contributed by atoms with Gasteiger partial charge in [-0.15, -0.1) is 23.1 Å². The minimum Gasteiger partial charge on any atom is -0.497 e. The Morgan fingerprint density at radius 2 is 2.04 bits per heavy atom. The van der Waals surface area contributed by atoms with Gasteiger partial charge in [0.1, 0.15) is 10.8 Å². The molecule has 25 heavy (non-hydrogen) atoms. The molecule has 128 valence electrons. The second-order valence-corrected chi connectivity index (χ2v) is 7.28. The van der Waals surface area contributed by atoms with Crippen molar-refractivity contribution in [1.29, 1.82) is 0 Å². The van der Waals surface area contributed by atoms with E-state index in [0.29, 0.717) is 0 Å². The van der Waals surface area contributed by atoms with Crippen LogP contribution in [0.3, 0.4) is 0 Å². The van der Waals surface area contributed by atoms with Gasteiger partial charge in [0.25, 0.3) is 0 Å². The topological polar surface area (TPSA) is 51.2 Å². The Kier molecular flexibility index (Phi) is 5.73. The summed E-state index contributed by atoms with van der Waals surface area (Å²) in [4.78, 5) is 16.9. The summed E-state index contributed by atoms with van der Waals surface area (Å²) in [6.07, 6.45) is 0. The maximum atomic E-state index is 11.0. The molecule has 1 N–H and O–H groups in total. The minimum absolute atomic E-state index is 0.0621. The summed E-state index contributed by atoms with van der Waals surface area (Å²) in [5, 5.41) is 5.85. The van der Waals surface area contributed by atoms with Gasteiger partial charge in [-0.25, -0.2) is 4.98 Å². The van der Waals surface area contributed by atoms with Crippen LogP contribution in [0.2, 0.25) is 0 Å². The van der Waals surface area contributed by atoms with Gasteiger partial charge < -0.3 is 10.1 Å². The van der Waals surface area contributed by atoms with Gasteiger partial charge in [0.05, 0.1) is 12.8 Å². The molecule has 0 aliphatic carbocycles. The molecule has 4 nitrogen and oxygen atoms in total. The Morgan fingerprint density at radius 1 is 1.24 bits per heavy atom. The molecule has 0 atom stereocenters. The van der Waals surface area contributed by atoms with Crippen LogP contribution in [0.25, 0.3) is 10.6 Å². The number of amides is 1. The highest BCUT2D eigenvalue weighted by molar-refractivity contribution is 7.98. The summed E-state index contributed by atoms with van der Waals surface area (Å²) in [5.41, 5.74) is 2.94. The van der Waals surface area contributed by atoms with Gasteiger partial charge in [0, 0.05) is 34.2 Å². The Balaban J connectivity index is 1.62. The number of thioether (sulfide) groups is 1. The molecule has 0 radical (unpaired) electrons. The van der Waals surface area contributed by atoms with Crippen molar-refractivity contribution >= 4 is 34.7 Å². The number of nitrogens with zero attached hydrogens (tertiary/aromatic N) is 1. The van der Waals surface area contributed by atoms with Crippen molar-refractivity contribution in [2.75, 3.05) is 12.4 Å². The molecule has 3 aromatic rings. The highest BCUT2D eigenvalue weighted by atomic mass is 32.2. The maximum absolute atomic E-state index is 11.0. The maximum Gasteiger partial charge on any atom is 0.221 e. The minimum atomic E-state index is -0.0621. The van der Waals surface area contributed by atoms with Crippen LogP contribution < -0.4 is 10.1 Å². The van der Waals surface area contributed by atoms with Gasteiger partial charge in [-0.3, -0.25) is 4.79 Å². The fraction of sp³-hybridized carbons (Fsp3) is 0.158. The molecule has 6 heteroatoms. The van der Waals surface area contributed by atoms with Crippen molar-refractivity contribution in [3.63, 3.8) is 0 Å². The number of aromatic nitrogens is 1. The number of carbonyl (C=O) groups excluding carboxylic acids is 1. The van der Waals surface area contributed by atoms with Crippen LogP contribution in [0.15, 0.2) is 58.8 Å². The van der Waals surface area contributed by atoms with E-state index in [1.807, 2.05) is 48.5 Å². The number of hydrogen-bond acceptors (Lipinski definition) is 5. The number of hydrogen-bond donors (Lipinski definition) is 1. The van der Waals surface area contributed by atoms with Crippen molar-refractivity contribution in [3.8, 4) is 16.3 Å². The van der Waals surface area contributed by atoms with Crippen LogP contribution in [0.1, 0.15) is 12.6 Å². The van der Waals surface area contributed by atoms with Crippen LogP contribution in [-0.4, -0.2) is 18.0 Å². The van der Waals surface area contributed by atoms with Gasteiger partial charge in [0.2, 0.25) is 5.91 Å². The summed E-state index contributed by atoms with van der Waals surface area (Å²) >= 11 is 3.36. The largest absolute Gasteiger partial charge is 0.497 e. The van der Waals surface area contributed by atoms with Crippen LogP contribution in [0.4, 0.5) is 5.69 Å². The fourth-order valence-corrected chi connectivity index (χ4v) is 3.97. The quantitative estimate of drug-likeness (QED) is 0.616. The average molecular weight is 370 g/mol. The fourth-order valence-electron chi connectivity index (χ4n) is 2.26. The molecule has 3 rings (SSSR count). The summed E-state index contributed by atoms with van der Waals surface area (Å²) in [7, 11) is 1.67. The number of thiazole rings is 1. The number of benzene rings is 2. The Labute approximate surface area is 155 Å². The molecule has 0 aliphatic rings. The Morgan fingerprint density at radius 3 is 2.76 bits per heavy atom. The molecule has 1 heterocycles. The number of rotatable bonds is 6. The van der Waals surface area contributed by atoms with E-state index >= 15 is 0 Å². The second kappa shape index (κ2) is 8.18. The molecule has 0 saturated carbocycles. The zero-order valence-corrected chi connectivity index (χ0v) is 15.6. The van der Waals surface area contributed by atoms with Gasteiger partial charge >= 0.3 is 0 Å². The lowest BCUT2D eigenvalue weighted by Gasteiger charge is -2.04. The second-order valence-electron chi connectivity index (χ2n) is 5.37. The van der Waals surface area contributed by atoms with Gasteiger partial charge in [-0.05, 0) is 36.4 Å². The number of carbonyl (C=O) groups is 1. The van der Waals surface area contributed by atoms with Crippen LogP contribution in [0, 0.1) is 0 Å². The molecule has 0 unspecified atom stereocenters. The third-order valence-corrected chi connectivity index (χ3v) is 5.42. The predicted molar refractivity (Wildman–Crippen MR) is 104 cm³/mol. The number of methoxy groups -OCH3 is 1. The van der Waals surface area contributed by atoms with Crippen LogP contribution in [-0.2, 0) is 10.5 Å². The highest BCUT2D eigenvalue weighted by Gasteiger charge is 2.07. The van der Waals surface area contributed by atoms with E-state index in [1.165, 1.54) is 6.92 Å². The molecule has 0 aliphatic heterocycles. The van der Waals surface area contributed by atoms with Crippen molar-refractivity contribution in [3.05, 3.63) is 59.6 Å². The van der Waals surface area contributed by atoms with Gasteiger partial charge in [-0.1, -0.05) is 12.1 Å². The molecule has 0 fully saturated rings. The zero-order chi connectivity index (χ0) is 17.6. The summed E-state index contributed by atoms with van der Waals surface area (Å²) < 4.78 is 5.27. The van der Waals surface area contributed by atoms with Crippen LogP contribution in [0.5, 0.6) is 5.75 Å². The summed E-state index contributed by atoms with van der Waals surface area (Å²) in [6, 6.07) is 15.8. The third-order valence-electron chi connectivity index (χ3n) is 3.43. The molecule has 2 aromatic carbocycles. The Bertz CT molecular complexity index is 860. The lowest BCUT2D eigenvalue weighted by atomic mass is 10.2. The first-order valence-corrected chi connectivity index (χ1v) is 9.60. The van der Waals surface area contributed by atoms with E-state index in [9.17, 15) is 4.79 Å². The summed E-state index contributed by atoms with van der Waals surface area (Å²) in [6.45, 7) is 1.50. The van der Waals surface area contributed by atoms with Gasteiger partial charge in [-0.2, -0.15) is 0 Å². The summed E-state index contributed by atoms with van der Waals surface area (Å²) in [5.74, 6) is 1.58. The molecular weight excluding hydrogens is 352 g/mol.